The summed E-state index contributed by atoms with van der Waals surface area (Å²) in [6.45, 7) is 0. The molecule has 3 aromatic rings. The Morgan fingerprint density at radius 1 is 1.27 bits per heavy atom. The first kappa shape index (κ1) is 16.6. The molecule has 7 heteroatoms. The maximum atomic E-state index is 12.7. The van der Waals surface area contributed by atoms with Gasteiger partial charge in [0.25, 0.3) is 11.8 Å². The quantitative estimate of drug-likeness (QED) is 0.745. The van der Waals surface area contributed by atoms with E-state index in [0.29, 0.717) is 22.8 Å². The molecule has 1 atom stereocenters. The number of aromatic nitrogens is 1. The molecule has 6 nitrogen and oxygen atoms in total. The van der Waals surface area contributed by atoms with Crippen molar-refractivity contribution in [2.75, 3.05) is 12.2 Å². The summed E-state index contributed by atoms with van der Waals surface area (Å²) in [5, 5.41) is 5.44. The van der Waals surface area contributed by atoms with Gasteiger partial charge >= 0.3 is 0 Å². The highest BCUT2D eigenvalue weighted by atomic mass is 35.5. The maximum absolute atomic E-state index is 12.7. The SMILES string of the molecule is CON1C(=O)C(NC(=O)c2cc3cc(Cl)ccc3[nH]2)Cc2ccccc21. The van der Waals surface area contributed by atoms with E-state index in [2.05, 4.69) is 10.3 Å². The summed E-state index contributed by atoms with van der Waals surface area (Å²) in [4.78, 5) is 33.6. The second kappa shape index (κ2) is 6.48. The molecule has 4 rings (SSSR count). The number of halogens is 1. The van der Waals surface area contributed by atoms with Crippen LogP contribution < -0.4 is 10.4 Å². The molecular formula is C19H16ClN3O3. The monoisotopic (exact) mass is 369 g/mol. The molecule has 0 aliphatic carbocycles. The van der Waals surface area contributed by atoms with E-state index < -0.39 is 6.04 Å². The average Bonchev–Trinajstić information content (AvgIpc) is 3.06. The molecule has 0 bridgehead atoms. The third-order valence-corrected chi connectivity index (χ3v) is 4.68. The van der Waals surface area contributed by atoms with Crippen LogP contribution in [0, 0.1) is 0 Å². The zero-order valence-electron chi connectivity index (χ0n) is 14.0. The summed E-state index contributed by atoms with van der Waals surface area (Å²) >= 11 is 5.98. The van der Waals surface area contributed by atoms with Gasteiger partial charge < -0.3 is 10.3 Å². The van der Waals surface area contributed by atoms with E-state index in [0.717, 1.165) is 16.5 Å². The molecule has 1 unspecified atom stereocenters. The van der Waals surface area contributed by atoms with E-state index in [1.165, 1.54) is 12.2 Å². The number of benzene rings is 2. The number of rotatable bonds is 3. The van der Waals surface area contributed by atoms with Crippen LogP contribution in [0.25, 0.3) is 10.9 Å². The minimum absolute atomic E-state index is 0.307. The Hall–Kier alpha value is -2.83. The number of anilines is 1. The van der Waals surface area contributed by atoms with Crippen molar-refractivity contribution in [1.29, 1.82) is 0 Å². The van der Waals surface area contributed by atoms with E-state index in [1.54, 1.807) is 18.2 Å². The van der Waals surface area contributed by atoms with Crippen molar-refractivity contribution in [3.63, 3.8) is 0 Å². The number of H-pyrrole nitrogens is 1. The minimum atomic E-state index is -0.702. The second-order valence-electron chi connectivity index (χ2n) is 6.09. The lowest BCUT2D eigenvalue weighted by Crippen LogP contribution is -2.52. The first-order valence-corrected chi connectivity index (χ1v) is 8.50. The first-order valence-electron chi connectivity index (χ1n) is 8.12. The van der Waals surface area contributed by atoms with Crippen LogP contribution in [0.2, 0.25) is 5.02 Å². The van der Waals surface area contributed by atoms with E-state index in [-0.39, 0.29) is 11.8 Å². The number of hydrogen-bond acceptors (Lipinski definition) is 3. The van der Waals surface area contributed by atoms with Crippen molar-refractivity contribution in [2.45, 2.75) is 12.5 Å². The molecule has 26 heavy (non-hydrogen) atoms. The summed E-state index contributed by atoms with van der Waals surface area (Å²) in [5.74, 6) is -0.662. The predicted octanol–water partition coefficient (Wildman–Crippen LogP) is 3.07. The van der Waals surface area contributed by atoms with E-state index in [4.69, 9.17) is 16.4 Å². The number of para-hydroxylation sites is 1. The van der Waals surface area contributed by atoms with E-state index in [1.807, 2.05) is 30.3 Å². The van der Waals surface area contributed by atoms with Crippen LogP contribution in [0.5, 0.6) is 0 Å². The second-order valence-corrected chi connectivity index (χ2v) is 6.53. The van der Waals surface area contributed by atoms with Crippen molar-refractivity contribution in [3.05, 3.63) is 64.8 Å². The zero-order valence-corrected chi connectivity index (χ0v) is 14.7. The molecule has 0 saturated heterocycles. The Balaban J connectivity index is 1.59. The molecule has 2 amide bonds. The first-order chi connectivity index (χ1) is 12.6. The highest BCUT2D eigenvalue weighted by molar-refractivity contribution is 6.31. The zero-order chi connectivity index (χ0) is 18.3. The van der Waals surface area contributed by atoms with Crippen molar-refractivity contribution in [2.24, 2.45) is 0 Å². The van der Waals surface area contributed by atoms with Gasteiger partial charge in [0.1, 0.15) is 11.7 Å². The van der Waals surface area contributed by atoms with Crippen LogP contribution in [-0.4, -0.2) is 29.9 Å². The Bertz CT molecular complexity index is 1010. The third kappa shape index (κ3) is 2.83. The summed E-state index contributed by atoms with van der Waals surface area (Å²) in [6.07, 6.45) is 0.409. The Morgan fingerprint density at radius 3 is 2.88 bits per heavy atom. The van der Waals surface area contributed by atoms with Crippen molar-refractivity contribution in [3.8, 4) is 0 Å². The van der Waals surface area contributed by atoms with Crippen LogP contribution in [0.15, 0.2) is 48.5 Å². The van der Waals surface area contributed by atoms with E-state index in [9.17, 15) is 9.59 Å². The maximum Gasteiger partial charge on any atom is 0.273 e. The van der Waals surface area contributed by atoms with Gasteiger partial charge in [-0.15, -0.1) is 0 Å². The van der Waals surface area contributed by atoms with Gasteiger partial charge in [-0.2, -0.15) is 5.06 Å². The molecule has 1 aliphatic rings. The van der Waals surface area contributed by atoms with Crippen LogP contribution in [0.3, 0.4) is 0 Å². The smallest absolute Gasteiger partial charge is 0.273 e. The van der Waals surface area contributed by atoms with Gasteiger partial charge in [-0.1, -0.05) is 29.8 Å². The Kier molecular flexibility index (Phi) is 4.14. The molecule has 0 spiro atoms. The minimum Gasteiger partial charge on any atom is -0.351 e. The lowest BCUT2D eigenvalue weighted by atomic mass is 9.98. The number of hydroxylamine groups is 1. The van der Waals surface area contributed by atoms with Crippen molar-refractivity contribution >= 4 is 40.0 Å². The molecule has 2 aromatic carbocycles. The molecular weight excluding hydrogens is 354 g/mol. The highest BCUT2D eigenvalue weighted by Gasteiger charge is 2.34. The number of carbonyl (C=O) groups excluding carboxylic acids is 2. The Labute approximate surface area is 154 Å². The summed E-state index contributed by atoms with van der Waals surface area (Å²) in [6, 6.07) is 13.8. The van der Waals surface area contributed by atoms with Gasteiger partial charge in [0.2, 0.25) is 0 Å². The number of aromatic amines is 1. The van der Waals surface area contributed by atoms with Crippen molar-refractivity contribution < 1.29 is 14.4 Å². The number of nitrogens with one attached hydrogen (secondary N) is 2. The third-order valence-electron chi connectivity index (χ3n) is 4.45. The van der Waals surface area contributed by atoms with Crippen LogP contribution >= 0.6 is 11.6 Å². The van der Waals surface area contributed by atoms with Gasteiger partial charge in [0, 0.05) is 22.3 Å². The molecule has 0 saturated carbocycles. The van der Waals surface area contributed by atoms with Gasteiger partial charge in [0.15, 0.2) is 0 Å². The molecule has 2 heterocycles. The topological polar surface area (TPSA) is 74.4 Å². The van der Waals surface area contributed by atoms with Gasteiger partial charge in [0.05, 0.1) is 12.8 Å². The molecule has 1 aromatic heterocycles. The molecule has 0 radical (unpaired) electrons. The lowest BCUT2D eigenvalue weighted by Gasteiger charge is -2.32. The average molecular weight is 370 g/mol. The number of nitrogens with zero attached hydrogens (tertiary/aromatic N) is 1. The van der Waals surface area contributed by atoms with Gasteiger partial charge in [-0.3, -0.25) is 14.4 Å². The number of amides is 2. The van der Waals surface area contributed by atoms with Crippen LogP contribution in [0.1, 0.15) is 16.1 Å². The highest BCUT2D eigenvalue weighted by Crippen LogP contribution is 2.28. The van der Waals surface area contributed by atoms with Crippen molar-refractivity contribution in [1.82, 2.24) is 10.3 Å². The fraction of sp³-hybridized carbons (Fsp3) is 0.158. The standard InChI is InChI=1S/C19H16ClN3O3/c1-26-23-17-5-3-2-4-11(17)9-16(19(23)25)22-18(24)15-10-12-8-13(20)6-7-14(12)21-15/h2-8,10,16,21H,9H2,1H3,(H,22,24). The fourth-order valence-corrected chi connectivity index (χ4v) is 3.39. The molecule has 132 valence electrons. The van der Waals surface area contributed by atoms with Crippen LogP contribution in [-0.2, 0) is 16.1 Å². The van der Waals surface area contributed by atoms with Crippen LogP contribution in [0.4, 0.5) is 5.69 Å². The Morgan fingerprint density at radius 2 is 2.08 bits per heavy atom. The number of carbonyl (C=O) groups is 2. The lowest BCUT2D eigenvalue weighted by molar-refractivity contribution is -0.127. The summed E-state index contributed by atoms with van der Waals surface area (Å²) in [5.41, 5.74) is 2.81. The fourth-order valence-electron chi connectivity index (χ4n) is 3.21. The largest absolute Gasteiger partial charge is 0.351 e. The predicted molar refractivity (Wildman–Crippen MR) is 99.2 cm³/mol. The molecule has 0 fully saturated rings. The van der Waals surface area contributed by atoms with E-state index >= 15 is 0 Å². The molecule has 1 aliphatic heterocycles. The number of fused-ring (bicyclic) bond motifs is 2. The summed E-state index contributed by atoms with van der Waals surface area (Å²) < 4.78 is 0. The van der Waals surface area contributed by atoms with Gasteiger partial charge in [-0.05, 0) is 35.9 Å². The summed E-state index contributed by atoms with van der Waals surface area (Å²) in [7, 11) is 1.43. The van der Waals surface area contributed by atoms with Gasteiger partial charge in [-0.25, -0.2) is 0 Å². The number of hydrogen-bond donors (Lipinski definition) is 2. The molecule has 2 N–H and O–H groups in total. The normalized spacial score (nSPS) is 16.6.